The molecule has 0 atom stereocenters. The quantitative estimate of drug-likeness (QED) is 0.774. The predicted molar refractivity (Wildman–Crippen MR) is 102 cm³/mol. The first kappa shape index (κ1) is 17.9. The molecule has 2 heterocycles. The first-order valence-corrected chi connectivity index (χ1v) is 9.92. The van der Waals surface area contributed by atoms with Crippen molar-refractivity contribution in [3.8, 4) is 0 Å². The third-order valence-electron chi connectivity index (χ3n) is 4.45. The van der Waals surface area contributed by atoms with Crippen LogP contribution in [0.2, 0.25) is 0 Å². The van der Waals surface area contributed by atoms with Crippen molar-refractivity contribution in [3.05, 3.63) is 30.5 Å². The van der Waals surface area contributed by atoms with Gasteiger partial charge in [0, 0.05) is 41.6 Å². The molecule has 1 aromatic carbocycles. The molecule has 5 nitrogen and oxygen atoms in total. The minimum absolute atomic E-state index is 0.0526. The summed E-state index contributed by atoms with van der Waals surface area (Å²) in [6.07, 6.45) is 5.16. The largest absolute Gasteiger partial charge is 0.355 e. The van der Waals surface area contributed by atoms with Crippen molar-refractivity contribution in [2.45, 2.75) is 37.6 Å². The van der Waals surface area contributed by atoms with Crippen molar-refractivity contribution < 1.29 is 9.59 Å². The van der Waals surface area contributed by atoms with E-state index in [2.05, 4.69) is 11.4 Å². The van der Waals surface area contributed by atoms with Gasteiger partial charge in [-0.2, -0.15) is 0 Å². The zero-order chi connectivity index (χ0) is 17.6. The van der Waals surface area contributed by atoms with Crippen LogP contribution in [0.5, 0.6) is 0 Å². The fourth-order valence-corrected chi connectivity index (χ4v) is 4.05. The number of carbonyl (C=O) groups is 2. The molecule has 0 aliphatic carbocycles. The number of para-hydroxylation sites is 1. The van der Waals surface area contributed by atoms with Crippen LogP contribution in [-0.4, -0.2) is 46.7 Å². The van der Waals surface area contributed by atoms with E-state index in [-0.39, 0.29) is 11.8 Å². The van der Waals surface area contributed by atoms with E-state index < -0.39 is 0 Å². The summed E-state index contributed by atoms with van der Waals surface area (Å²) in [5.41, 5.74) is 1.05. The van der Waals surface area contributed by atoms with Gasteiger partial charge in [-0.25, -0.2) is 0 Å². The molecule has 1 aliphatic rings. The van der Waals surface area contributed by atoms with Gasteiger partial charge >= 0.3 is 0 Å². The van der Waals surface area contributed by atoms with Crippen LogP contribution in [0.3, 0.4) is 0 Å². The lowest BCUT2D eigenvalue weighted by molar-refractivity contribution is -0.130. The van der Waals surface area contributed by atoms with Gasteiger partial charge in [0.25, 0.3) is 0 Å². The number of benzene rings is 1. The maximum Gasteiger partial charge on any atom is 0.242 e. The lowest BCUT2D eigenvalue weighted by Gasteiger charge is -2.15. The normalized spacial score (nSPS) is 14.2. The first-order chi connectivity index (χ1) is 12.2. The number of nitrogens with zero attached hydrogens (tertiary/aromatic N) is 2. The van der Waals surface area contributed by atoms with Gasteiger partial charge in [-0.3, -0.25) is 9.59 Å². The van der Waals surface area contributed by atoms with Crippen molar-refractivity contribution in [2.24, 2.45) is 0 Å². The summed E-state index contributed by atoms with van der Waals surface area (Å²) in [6.45, 7) is 4.86. The molecule has 1 N–H and O–H groups in total. The molecule has 0 saturated carbocycles. The van der Waals surface area contributed by atoms with Gasteiger partial charge in [-0.05, 0) is 25.3 Å². The van der Waals surface area contributed by atoms with E-state index in [1.807, 2.05) is 40.8 Å². The number of carbonyl (C=O) groups excluding carboxylic acids is 2. The minimum Gasteiger partial charge on any atom is -0.355 e. The van der Waals surface area contributed by atoms with E-state index in [0.717, 1.165) is 48.2 Å². The van der Waals surface area contributed by atoms with Crippen LogP contribution in [0.25, 0.3) is 10.9 Å². The number of likely N-dealkylation sites (tertiary alicyclic amines) is 1. The molecule has 25 heavy (non-hydrogen) atoms. The molecule has 1 fully saturated rings. The Kier molecular flexibility index (Phi) is 6.02. The first-order valence-electron chi connectivity index (χ1n) is 8.94. The number of hydrogen-bond donors (Lipinski definition) is 1. The topological polar surface area (TPSA) is 54.3 Å². The molecule has 0 bridgehead atoms. The Morgan fingerprint density at radius 3 is 2.72 bits per heavy atom. The molecule has 1 aliphatic heterocycles. The van der Waals surface area contributed by atoms with Crippen molar-refractivity contribution in [1.29, 1.82) is 0 Å². The number of hydrogen-bond acceptors (Lipinski definition) is 3. The van der Waals surface area contributed by atoms with E-state index in [4.69, 9.17) is 0 Å². The molecule has 0 unspecified atom stereocenters. The number of amides is 2. The number of fused-ring (bicyclic) bond motifs is 1. The number of nitrogens with one attached hydrogen (secondary N) is 1. The van der Waals surface area contributed by atoms with Crippen molar-refractivity contribution >= 4 is 34.5 Å². The Morgan fingerprint density at radius 1 is 1.20 bits per heavy atom. The Labute approximate surface area is 152 Å². The van der Waals surface area contributed by atoms with Gasteiger partial charge in [0.15, 0.2) is 0 Å². The Morgan fingerprint density at radius 2 is 1.96 bits per heavy atom. The van der Waals surface area contributed by atoms with E-state index in [9.17, 15) is 9.59 Å². The molecular formula is C19H25N3O2S. The maximum absolute atomic E-state index is 12.5. The average molecular weight is 359 g/mol. The molecule has 1 saturated heterocycles. The average Bonchev–Trinajstić information content (AvgIpc) is 3.27. The molecule has 0 spiro atoms. The molecule has 0 radical (unpaired) electrons. The lowest BCUT2D eigenvalue weighted by Crippen LogP contribution is -2.30. The molecular weight excluding hydrogens is 334 g/mol. The summed E-state index contributed by atoms with van der Waals surface area (Å²) >= 11 is 1.53. The van der Waals surface area contributed by atoms with Gasteiger partial charge in [-0.15, -0.1) is 11.8 Å². The van der Waals surface area contributed by atoms with Crippen molar-refractivity contribution in [3.63, 3.8) is 0 Å². The lowest BCUT2D eigenvalue weighted by atomic mass is 10.2. The fraction of sp³-hybridized carbons (Fsp3) is 0.474. The van der Waals surface area contributed by atoms with Crippen LogP contribution in [-0.2, 0) is 16.1 Å². The van der Waals surface area contributed by atoms with Crippen molar-refractivity contribution in [1.82, 2.24) is 14.8 Å². The summed E-state index contributed by atoms with van der Waals surface area (Å²) in [6, 6.07) is 8.07. The van der Waals surface area contributed by atoms with E-state index in [1.54, 1.807) is 0 Å². The fourth-order valence-electron chi connectivity index (χ4n) is 3.13. The van der Waals surface area contributed by atoms with E-state index >= 15 is 0 Å². The third kappa shape index (κ3) is 4.37. The van der Waals surface area contributed by atoms with Gasteiger partial charge < -0.3 is 14.8 Å². The Bertz CT molecular complexity index is 750. The molecule has 6 heteroatoms. The number of aromatic nitrogens is 1. The third-order valence-corrected chi connectivity index (χ3v) is 5.49. The zero-order valence-corrected chi connectivity index (χ0v) is 15.5. The molecule has 134 valence electrons. The second-order valence-electron chi connectivity index (χ2n) is 6.36. The maximum atomic E-state index is 12.5. The highest BCUT2D eigenvalue weighted by molar-refractivity contribution is 8.00. The number of thioether (sulfide) groups is 1. The summed E-state index contributed by atoms with van der Waals surface area (Å²) < 4.78 is 2.02. The highest BCUT2D eigenvalue weighted by Gasteiger charge is 2.19. The van der Waals surface area contributed by atoms with Gasteiger partial charge in [0.2, 0.25) is 11.8 Å². The van der Waals surface area contributed by atoms with Crippen LogP contribution < -0.4 is 5.32 Å². The highest BCUT2D eigenvalue weighted by Crippen LogP contribution is 2.30. The summed E-state index contributed by atoms with van der Waals surface area (Å²) in [4.78, 5) is 27.4. The molecule has 2 aromatic rings. The van der Waals surface area contributed by atoms with Gasteiger partial charge in [0.1, 0.15) is 6.54 Å². The highest BCUT2D eigenvalue weighted by atomic mass is 32.2. The van der Waals surface area contributed by atoms with Crippen LogP contribution in [0.15, 0.2) is 35.4 Å². The smallest absolute Gasteiger partial charge is 0.242 e. The predicted octanol–water partition coefficient (Wildman–Crippen LogP) is 2.88. The minimum atomic E-state index is 0.0526. The van der Waals surface area contributed by atoms with Crippen LogP contribution >= 0.6 is 11.8 Å². The summed E-state index contributed by atoms with van der Waals surface area (Å²) in [5.74, 6) is 0.626. The Hall–Kier alpha value is -1.95. The van der Waals surface area contributed by atoms with E-state index in [0.29, 0.717) is 18.8 Å². The van der Waals surface area contributed by atoms with Crippen molar-refractivity contribution in [2.75, 3.05) is 25.4 Å². The molecule has 1 aromatic heterocycles. The summed E-state index contributed by atoms with van der Waals surface area (Å²) in [7, 11) is 0. The second kappa shape index (κ2) is 8.43. The van der Waals surface area contributed by atoms with E-state index in [1.165, 1.54) is 11.8 Å². The SMILES string of the molecule is CCCNC(=O)CSc1cn(CC(=O)N2CCCC2)c2ccccc12. The Balaban J connectivity index is 1.73. The van der Waals surface area contributed by atoms with Crippen LogP contribution in [0, 0.1) is 0 Å². The number of rotatable bonds is 7. The molecule has 2 amide bonds. The van der Waals surface area contributed by atoms with Gasteiger partial charge in [-0.1, -0.05) is 25.1 Å². The zero-order valence-electron chi connectivity index (χ0n) is 14.7. The second-order valence-corrected chi connectivity index (χ2v) is 7.38. The van der Waals surface area contributed by atoms with Crippen LogP contribution in [0.1, 0.15) is 26.2 Å². The van der Waals surface area contributed by atoms with Gasteiger partial charge in [0.05, 0.1) is 5.75 Å². The molecule has 3 rings (SSSR count). The monoisotopic (exact) mass is 359 g/mol. The summed E-state index contributed by atoms with van der Waals surface area (Å²) in [5, 5.41) is 4.00. The standard InChI is InChI=1S/C19H25N3O2S/c1-2-9-20-18(23)14-25-17-12-22(16-8-4-3-7-15(16)17)13-19(24)21-10-5-6-11-21/h3-4,7-8,12H,2,5-6,9-11,13-14H2,1H3,(H,20,23). The van der Waals surface area contributed by atoms with Crippen LogP contribution in [0.4, 0.5) is 0 Å².